The van der Waals surface area contributed by atoms with Crippen molar-refractivity contribution in [2.75, 3.05) is 7.11 Å². The second kappa shape index (κ2) is 3.09. The molecule has 0 saturated carbocycles. The standard InChI is InChI=1S/C7H8N2O2/c1-5-3-4-6(9-8-5)7(10)11-2/h3-4H,1-2H3. The highest BCUT2D eigenvalue weighted by atomic mass is 16.5. The van der Waals surface area contributed by atoms with E-state index in [1.165, 1.54) is 7.11 Å². The van der Waals surface area contributed by atoms with Crippen LogP contribution in [0.2, 0.25) is 0 Å². The van der Waals surface area contributed by atoms with Crippen molar-refractivity contribution in [2.24, 2.45) is 0 Å². The fraction of sp³-hybridized carbons (Fsp3) is 0.286. The first-order chi connectivity index (χ1) is 5.24. The maximum atomic E-state index is 10.8. The summed E-state index contributed by atoms with van der Waals surface area (Å²) in [5.41, 5.74) is 1.01. The predicted molar refractivity (Wildman–Crippen MR) is 38.1 cm³/mol. The molecule has 0 saturated heterocycles. The van der Waals surface area contributed by atoms with E-state index in [-0.39, 0.29) is 5.69 Å². The summed E-state index contributed by atoms with van der Waals surface area (Å²) in [5.74, 6) is -0.461. The zero-order valence-electron chi connectivity index (χ0n) is 6.37. The van der Waals surface area contributed by atoms with Gasteiger partial charge in [0.15, 0.2) is 5.69 Å². The molecule has 1 rings (SSSR count). The van der Waals surface area contributed by atoms with Crippen LogP contribution in [0.25, 0.3) is 0 Å². The van der Waals surface area contributed by atoms with E-state index in [1.807, 2.05) is 0 Å². The van der Waals surface area contributed by atoms with Gasteiger partial charge in [0.1, 0.15) is 0 Å². The summed E-state index contributed by atoms with van der Waals surface area (Å²) in [6, 6.07) is 3.29. The van der Waals surface area contributed by atoms with Gasteiger partial charge in [-0.15, -0.1) is 5.10 Å². The second-order valence-electron chi connectivity index (χ2n) is 2.05. The highest BCUT2D eigenvalue weighted by Gasteiger charge is 2.05. The molecule has 0 aliphatic carbocycles. The lowest BCUT2D eigenvalue weighted by molar-refractivity contribution is 0.0592. The fourth-order valence-corrected chi connectivity index (χ4v) is 0.612. The first-order valence-corrected chi connectivity index (χ1v) is 3.12. The Kier molecular flexibility index (Phi) is 2.15. The van der Waals surface area contributed by atoms with E-state index in [2.05, 4.69) is 14.9 Å². The third kappa shape index (κ3) is 1.73. The predicted octanol–water partition coefficient (Wildman–Crippen LogP) is 0.572. The number of rotatable bonds is 1. The van der Waals surface area contributed by atoms with Crippen molar-refractivity contribution < 1.29 is 9.53 Å². The van der Waals surface area contributed by atoms with Crippen LogP contribution in [-0.4, -0.2) is 23.3 Å². The number of methoxy groups -OCH3 is 1. The molecule has 58 valence electrons. The minimum atomic E-state index is -0.461. The Bertz CT molecular complexity index is 256. The molecule has 0 aliphatic rings. The Hall–Kier alpha value is -1.45. The number of nitrogens with zero attached hydrogens (tertiary/aromatic N) is 2. The zero-order chi connectivity index (χ0) is 8.27. The van der Waals surface area contributed by atoms with E-state index in [0.717, 1.165) is 5.69 Å². The highest BCUT2D eigenvalue weighted by Crippen LogP contribution is 1.95. The quantitative estimate of drug-likeness (QED) is 0.552. The summed E-state index contributed by atoms with van der Waals surface area (Å²) in [7, 11) is 1.31. The highest BCUT2D eigenvalue weighted by molar-refractivity contribution is 5.86. The number of esters is 1. The van der Waals surface area contributed by atoms with Gasteiger partial charge in [0.25, 0.3) is 0 Å². The molecule has 4 heteroatoms. The van der Waals surface area contributed by atoms with Crippen LogP contribution in [0.4, 0.5) is 0 Å². The van der Waals surface area contributed by atoms with Crippen LogP contribution in [0.3, 0.4) is 0 Å². The number of aryl methyl sites for hydroxylation is 1. The molecule has 4 nitrogen and oxygen atoms in total. The molecule has 0 aromatic carbocycles. The molecule has 0 bridgehead atoms. The Morgan fingerprint density at radius 2 is 2.18 bits per heavy atom. The average molecular weight is 152 g/mol. The monoisotopic (exact) mass is 152 g/mol. The van der Waals surface area contributed by atoms with Gasteiger partial charge in [0, 0.05) is 0 Å². The van der Waals surface area contributed by atoms with Gasteiger partial charge < -0.3 is 4.74 Å². The maximum absolute atomic E-state index is 10.8. The summed E-state index contributed by atoms with van der Waals surface area (Å²) < 4.78 is 4.43. The Morgan fingerprint density at radius 1 is 1.45 bits per heavy atom. The average Bonchev–Trinajstić information content (AvgIpc) is 2.05. The van der Waals surface area contributed by atoms with E-state index < -0.39 is 5.97 Å². The molecule has 0 aliphatic heterocycles. The van der Waals surface area contributed by atoms with Crippen molar-refractivity contribution >= 4 is 5.97 Å². The molecule has 0 atom stereocenters. The van der Waals surface area contributed by atoms with Gasteiger partial charge in [0.05, 0.1) is 12.8 Å². The van der Waals surface area contributed by atoms with Gasteiger partial charge in [-0.1, -0.05) is 0 Å². The first-order valence-electron chi connectivity index (χ1n) is 3.12. The van der Waals surface area contributed by atoms with Crippen molar-refractivity contribution in [3.8, 4) is 0 Å². The van der Waals surface area contributed by atoms with Crippen LogP contribution in [0, 0.1) is 6.92 Å². The van der Waals surface area contributed by atoms with Crippen molar-refractivity contribution in [1.82, 2.24) is 10.2 Å². The number of hydrogen-bond donors (Lipinski definition) is 0. The second-order valence-corrected chi connectivity index (χ2v) is 2.05. The van der Waals surface area contributed by atoms with Gasteiger partial charge in [-0.3, -0.25) is 0 Å². The van der Waals surface area contributed by atoms with E-state index in [1.54, 1.807) is 19.1 Å². The van der Waals surface area contributed by atoms with Gasteiger partial charge in [-0.2, -0.15) is 5.10 Å². The number of aromatic nitrogens is 2. The normalized spacial score (nSPS) is 9.27. The molecule has 0 amide bonds. The third-order valence-electron chi connectivity index (χ3n) is 1.19. The maximum Gasteiger partial charge on any atom is 0.358 e. The van der Waals surface area contributed by atoms with E-state index in [9.17, 15) is 4.79 Å². The van der Waals surface area contributed by atoms with Gasteiger partial charge in [-0.25, -0.2) is 4.79 Å². The molecule has 0 spiro atoms. The molecule has 0 N–H and O–H groups in total. The SMILES string of the molecule is COC(=O)c1ccc(C)nn1. The van der Waals surface area contributed by atoms with E-state index in [4.69, 9.17) is 0 Å². The lowest BCUT2D eigenvalue weighted by atomic mass is 10.3. The zero-order valence-corrected chi connectivity index (χ0v) is 6.37. The molecule has 11 heavy (non-hydrogen) atoms. The van der Waals surface area contributed by atoms with Crippen molar-refractivity contribution in [3.63, 3.8) is 0 Å². The lowest BCUT2D eigenvalue weighted by Crippen LogP contribution is -2.05. The molecule has 1 heterocycles. The van der Waals surface area contributed by atoms with Gasteiger partial charge >= 0.3 is 5.97 Å². The summed E-state index contributed by atoms with van der Waals surface area (Å²) in [5, 5.41) is 7.32. The van der Waals surface area contributed by atoms with Crippen LogP contribution in [0.1, 0.15) is 16.2 Å². The Labute approximate surface area is 64.2 Å². The lowest BCUT2D eigenvalue weighted by Gasteiger charge is -1.95. The smallest absolute Gasteiger partial charge is 0.358 e. The summed E-state index contributed by atoms with van der Waals surface area (Å²) in [4.78, 5) is 10.8. The van der Waals surface area contributed by atoms with Crippen molar-refractivity contribution in [1.29, 1.82) is 0 Å². The summed E-state index contributed by atoms with van der Waals surface area (Å²) >= 11 is 0. The van der Waals surface area contributed by atoms with Crippen molar-refractivity contribution in [3.05, 3.63) is 23.5 Å². The van der Waals surface area contributed by atoms with Gasteiger partial charge in [0.2, 0.25) is 0 Å². The fourth-order valence-electron chi connectivity index (χ4n) is 0.612. The molecule has 0 fully saturated rings. The minimum absolute atomic E-state index is 0.234. The van der Waals surface area contributed by atoms with Crippen LogP contribution in [0.5, 0.6) is 0 Å². The molecule has 0 radical (unpaired) electrons. The largest absolute Gasteiger partial charge is 0.464 e. The Morgan fingerprint density at radius 3 is 2.64 bits per heavy atom. The van der Waals surface area contributed by atoms with Crippen molar-refractivity contribution in [2.45, 2.75) is 6.92 Å². The van der Waals surface area contributed by atoms with Crippen LogP contribution >= 0.6 is 0 Å². The van der Waals surface area contributed by atoms with E-state index in [0.29, 0.717) is 0 Å². The van der Waals surface area contributed by atoms with Gasteiger partial charge in [-0.05, 0) is 19.1 Å². The number of hydrogen-bond acceptors (Lipinski definition) is 4. The Balaban J connectivity index is 2.90. The topological polar surface area (TPSA) is 52.1 Å². The van der Waals surface area contributed by atoms with Crippen LogP contribution in [-0.2, 0) is 4.74 Å². The minimum Gasteiger partial charge on any atom is -0.464 e. The van der Waals surface area contributed by atoms with E-state index >= 15 is 0 Å². The summed E-state index contributed by atoms with van der Waals surface area (Å²) in [6.07, 6.45) is 0. The molecular weight excluding hydrogens is 144 g/mol. The molecule has 1 aromatic heterocycles. The molecule has 1 aromatic rings. The number of ether oxygens (including phenoxy) is 1. The number of carbonyl (C=O) groups is 1. The summed E-state index contributed by atoms with van der Waals surface area (Å²) in [6.45, 7) is 1.80. The third-order valence-corrected chi connectivity index (χ3v) is 1.19. The van der Waals surface area contributed by atoms with Crippen LogP contribution < -0.4 is 0 Å². The molecular formula is C7H8N2O2. The molecule has 0 unspecified atom stereocenters. The number of carbonyl (C=O) groups excluding carboxylic acids is 1. The first kappa shape index (κ1) is 7.65. The van der Waals surface area contributed by atoms with Crippen LogP contribution in [0.15, 0.2) is 12.1 Å².